The van der Waals surface area contributed by atoms with Gasteiger partial charge in [0.15, 0.2) is 18.1 Å². The van der Waals surface area contributed by atoms with Crippen molar-refractivity contribution in [3.8, 4) is 11.5 Å². The molecule has 0 unspecified atom stereocenters. The second-order valence-electron chi connectivity index (χ2n) is 7.22. The number of carbonyl (C=O) groups is 4. The molecule has 184 valence electrons. The Kier molecular flexibility index (Phi) is 9.15. The minimum atomic E-state index is -1.03. The van der Waals surface area contributed by atoms with Crippen molar-refractivity contribution in [2.45, 2.75) is 19.9 Å². The summed E-state index contributed by atoms with van der Waals surface area (Å²) in [5.74, 6) is -0.809. The van der Waals surface area contributed by atoms with Crippen LogP contribution in [-0.4, -0.2) is 54.3 Å². The molecule has 1 fully saturated rings. The molecule has 0 aromatic heterocycles. The number of esters is 1. The molecule has 1 saturated heterocycles. The van der Waals surface area contributed by atoms with E-state index >= 15 is 0 Å². The number of thioether (sulfide) groups is 1. The van der Waals surface area contributed by atoms with Crippen molar-refractivity contribution in [1.29, 1.82) is 0 Å². The van der Waals surface area contributed by atoms with Crippen LogP contribution in [0.25, 0.3) is 6.08 Å². The van der Waals surface area contributed by atoms with Crippen molar-refractivity contribution >= 4 is 69.1 Å². The number of halogens is 1. The average Bonchev–Trinajstić information content (AvgIpc) is 3.10. The monoisotopic (exact) mass is 610 g/mol. The second kappa shape index (κ2) is 12.1. The molecule has 9 nitrogen and oxygen atoms in total. The lowest BCUT2D eigenvalue weighted by Crippen LogP contribution is -2.42. The highest BCUT2D eigenvalue weighted by Gasteiger charge is 2.41. The van der Waals surface area contributed by atoms with E-state index in [9.17, 15) is 19.2 Å². The summed E-state index contributed by atoms with van der Waals surface area (Å²) in [6.45, 7) is 3.36. The van der Waals surface area contributed by atoms with Crippen LogP contribution < -0.4 is 14.8 Å². The van der Waals surface area contributed by atoms with Crippen molar-refractivity contribution < 1.29 is 33.4 Å². The number of para-hydroxylation sites is 1. The summed E-state index contributed by atoms with van der Waals surface area (Å²) in [5.41, 5.74) is 1.25. The van der Waals surface area contributed by atoms with Crippen LogP contribution in [0.3, 0.4) is 0 Å². The molecule has 3 amide bonds. The quantitative estimate of drug-likeness (QED) is 0.254. The SMILES string of the molecule is CCOc1cc(/C=C2/SC(=O)N([C@H](C)C(=O)OC)C2=O)cc(I)c1OCC(=O)Nc1ccccc1. The highest BCUT2D eigenvalue weighted by molar-refractivity contribution is 14.1. The Balaban J connectivity index is 1.79. The Bertz CT molecular complexity index is 1170. The van der Waals surface area contributed by atoms with Crippen molar-refractivity contribution in [1.82, 2.24) is 4.90 Å². The van der Waals surface area contributed by atoms with Crippen molar-refractivity contribution in [2.75, 3.05) is 25.6 Å². The van der Waals surface area contributed by atoms with Gasteiger partial charge in [-0.2, -0.15) is 0 Å². The highest BCUT2D eigenvalue weighted by Crippen LogP contribution is 2.38. The number of hydrogen-bond acceptors (Lipinski definition) is 8. The summed E-state index contributed by atoms with van der Waals surface area (Å²) in [6, 6.07) is 11.4. The molecule has 2 aromatic carbocycles. The molecule has 2 aromatic rings. The van der Waals surface area contributed by atoms with E-state index in [1.54, 1.807) is 30.3 Å². The van der Waals surface area contributed by atoms with Crippen LogP contribution in [-0.2, 0) is 19.1 Å². The van der Waals surface area contributed by atoms with Gasteiger partial charge in [-0.15, -0.1) is 0 Å². The number of nitrogens with zero attached hydrogens (tertiary/aromatic N) is 1. The lowest BCUT2D eigenvalue weighted by atomic mass is 10.1. The van der Waals surface area contributed by atoms with Gasteiger partial charge < -0.3 is 19.5 Å². The number of carbonyl (C=O) groups excluding carboxylic acids is 4. The predicted octanol–water partition coefficient (Wildman–Crippen LogP) is 4.31. The molecule has 0 bridgehead atoms. The van der Waals surface area contributed by atoms with Crippen LogP contribution in [0.4, 0.5) is 10.5 Å². The molecule has 1 aliphatic rings. The Morgan fingerprint density at radius 3 is 2.54 bits per heavy atom. The number of nitrogens with one attached hydrogen (secondary N) is 1. The number of benzene rings is 2. The summed E-state index contributed by atoms with van der Waals surface area (Å²) in [7, 11) is 1.19. The standard InChI is InChI=1S/C24H23IN2O7S/c1-4-33-18-11-15(12-19-22(29)27(24(31)35-19)14(2)23(30)32-3)10-17(25)21(18)34-13-20(28)26-16-8-6-5-7-9-16/h5-12,14H,4,13H2,1-3H3,(H,26,28)/b19-12+/t14-/m1/s1. The zero-order valence-corrected chi connectivity index (χ0v) is 22.2. The normalized spacial score (nSPS) is 15.2. The molecule has 0 spiro atoms. The van der Waals surface area contributed by atoms with E-state index in [2.05, 4.69) is 10.1 Å². The van der Waals surface area contributed by atoms with Gasteiger partial charge >= 0.3 is 5.97 Å². The average molecular weight is 610 g/mol. The number of hydrogen-bond donors (Lipinski definition) is 1. The molecule has 11 heteroatoms. The van der Waals surface area contributed by atoms with Gasteiger partial charge in [-0.05, 0) is 84.1 Å². The number of anilines is 1. The summed E-state index contributed by atoms with van der Waals surface area (Å²) in [5, 5.41) is 2.20. The second-order valence-corrected chi connectivity index (χ2v) is 9.37. The fourth-order valence-corrected chi connectivity index (χ4v) is 4.86. The Hall–Kier alpha value is -3.06. The third kappa shape index (κ3) is 6.54. The van der Waals surface area contributed by atoms with E-state index in [0.29, 0.717) is 32.9 Å². The summed E-state index contributed by atoms with van der Waals surface area (Å²) in [4.78, 5) is 50.3. The van der Waals surface area contributed by atoms with Crippen molar-refractivity contribution in [3.05, 3.63) is 56.5 Å². The van der Waals surface area contributed by atoms with E-state index in [1.165, 1.54) is 14.0 Å². The number of ether oxygens (including phenoxy) is 3. The lowest BCUT2D eigenvalue weighted by molar-refractivity contribution is -0.148. The molecular formula is C24H23IN2O7S. The first-order valence-electron chi connectivity index (χ1n) is 10.5. The molecule has 0 radical (unpaired) electrons. The van der Waals surface area contributed by atoms with E-state index in [-0.39, 0.29) is 17.4 Å². The zero-order chi connectivity index (χ0) is 25.5. The van der Waals surface area contributed by atoms with Gasteiger partial charge in [-0.3, -0.25) is 19.3 Å². The maximum atomic E-state index is 12.8. The van der Waals surface area contributed by atoms with E-state index < -0.39 is 23.2 Å². The smallest absolute Gasteiger partial charge is 0.328 e. The Morgan fingerprint density at radius 1 is 1.17 bits per heavy atom. The summed E-state index contributed by atoms with van der Waals surface area (Å²) in [6.07, 6.45) is 1.55. The maximum Gasteiger partial charge on any atom is 0.328 e. The van der Waals surface area contributed by atoms with Crippen LogP contribution in [0, 0.1) is 3.57 Å². The molecule has 3 rings (SSSR count). The van der Waals surface area contributed by atoms with E-state index in [4.69, 9.17) is 9.47 Å². The summed E-state index contributed by atoms with van der Waals surface area (Å²) >= 11 is 2.79. The third-order valence-corrected chi connectivity index (χ3v) is 6.47. The predicted molar refractivity (Wildman–Crippen MR) is 140 cm³/mol. The molecular weight excluding hydrogens is 587 g/mol. The van der Waals surface area contributed by atoms with E-state index in [0.717, 1.165) is 16.7 Å². The minimum absolute atomic E-state index is 0.167. The molecule has 1 aliphatic heterocycles. The topological polar surface area (TPSA) is 111 Å². The Morgan fingerprint density at radius 2 is 1.89 bits per heavy atom. The molecule has 0 saturated carbocycles. The number of rotatable bonds is 9. The number of amides is 3. The van der Waals surface area contributed by atoms with Crippen LogP contribution >= 0.6 is 34.4 Å². The maximum absolute atomic E-state index is 12.8. The molecule has 0 aliphatic carbocycles. The number of imide groups is 1. The van der Waals surface area contributed by atoms with Gasteiger partial charge in [-0.25, -0.2) is 4.79 Å². The van der Waals surface area contributed by atoms with Gasteiger partial charge in [0.2, 0.25) is 0 Å². The van der Waals surface area contributed by atoms with Gasteiger partial charge in [0.1, 0.15) is 6.04 Å². The fraction of sp³-hybridized carbons (Fsp3) is 0.250. The van der Waals surface area contributed by atoms with Crippen LogP contribution in [0.1, 0.15) is 19.4 Å². The first kappa shape index (κ1) is 26.5. The fourth-order valence-electron chi connectivity index (χ4n) is 3.17. The molecule has 1 atom stereocenters. The van der Waals surface area contributed by atoms with Crippen molar-refractivity contribution in [2.24, 2.45) is 0 Å². The van der Waals surface area contributed by atoms with Crippen LogP contribution in [0.2, 0.25) is 0 Å². The minimum Gasteiger partial charge on any atom is -0.490 e. The largest absolute Gasteiger partial charge is 0.490 e. The lowest BCUT2D eigenvalue weighted by Gasteiger charge is -2.18. The van der Waals surface area contributed by atoms with Crippen LogP contribution in [0.15, 0.2) is 47.4 Å². The van der Waals surface area contributed by atoms with E-state index in [1.807, 2.05) is 47.7 Å². The van der Waals surface area contributed by atoms with Gasteiger partial charge in [0, 0.05) is 5.69 Å². The van der Waals surface area contributed by atoms with Crippen LogP contribution in [0.5, 0.6) is 11.5 Å². The first-order chi connectivity index (χ1) is 16.7. The van der Waals surface area contributed by atoms with Crippen molar-refractivity contribution in [3.63, 3.8) is 0 Å². The Labute approximate surface area is 220 Å². The zero-order valence-electron chi connectivity index (χ0n) is 19.2. The summed E-state index contributed by atoms with van der Waals surface area (Å²) < 4.78 is 16.8. The molecule has 1 N–H and O–H groups in total. The van der Waals surface area contributed by atoms with Gasteiger partial charge in [-0.1, -0.05) is 18.2 Å². The van der Waals surface area contributed by atoms with Gasteiger partial charge in [0.05, 0.1) is 22.2 Å². The molecule has 1 heterocycles. The first-order valence-corrected chi connectivity index (χ1v) is 12.4. The highest BCUT2D eigenvalue weighted by atomic mass is 127. The third-order valence-electron chi connectivity index (χ3n) is 4.79. The molecule has 35 heavy (non-hydrogen) atoms. The number of methoxy groups -OCH3 is 1. The van der Waals surface area contributed by atoms with Gasteiger partial charge in [0.25, 0.3) is 17.1 Å².